The Morgan fingerprint density at radius 1 is 1.77 bits per heavy atom. The van der Waals surface area contributed by atoms with Crippen LogP contribution in [0.3, 0.4) is 0 Å². The number of anilines is 1. The van der Waals surface area contributed by atoms with E-state index in [1.54, 1.807) is 0 Å². The molecule has 1 rings (SSSR count). The number of hydrogen-bond acceptors (Lipinski definition) is 4. The highest BCUT2D eigenvalue weighted by Gasteiger charge is 2.08. The normalized spacial score (nSPS) is 10.4. The molecule has 1 aromatic heterocycles. The van der Waals surface area contributed by atoms with Crippen LogP contribution < -0.4 is 5.32 Å². The fourth-order valence-electron chi connectivity index (χ4n) is 0.595. The van der Waals surface area contributed by atoms with Crippen LogP contribution in [0, 0.1) is 0 Å². The van der Waals surface area contributed by atoms with Gasteiger partial charge in [-0.15, -0.1) is 0 Å². The average Bonchev–Trinajstić information content (AvgIpc) is 2.53. The van der Waals surface area contributed by atoms with Crippen LogP contribution >= 0.6 is 0 Å². The second kappa shape index (κ2) is 4.51. The molecule has 0 unspecified atom stereocenters. The van der Waals surface area contributed by atoms with Gasteiger partial charge in [0.15, 0.2) is 5.82 Å². The van der Waals surface area contributed by atoms with Gasteiger partial charge in [0.1, 0.15) is 12.9 Å². The summed E-state index contributed by atoms with van der Waals surface area (Å²) < 4.78 is 31.0. The Balaban J connectivity index is 2.26. The third-order valence-electron chi connectivity index (χ3n) is 1.05. The van der Waals surface area contributed by atoms with Crippen LogP contribution in [0.25, 0.3) is 0 Å². The molecule has 0 aliphatic rings. The number of aromatic nitrogens is 1. The van der Waals surface area contributed by atoms with Crippen molar-refractivity contribution in [2.45, 2.75) is 6.61 Å². The molecule has 5 nitrogen and oxygen atoms in total. The number of amides is 1. The van der Waals surface area contributed by atoms with Crippen LogP contribution in [0.5, 0.6) is 0 Å². The number of ether oxygens (including phenoxy) is 1. The van der Waals surface area contributed by atoms with Gasteiger partial charge in [0.05, 0.1) is 0 Å². The molecule has 1 aromatic rings. The van der Waals surface area contributed by atoms with E-state index in [4.69, 9.17) is 0 Å². The molecule has 13 heavy (non-hydrogen) atoms. The third-order valence-corrected chi connectivity index (χ3v) is 1.05. The molecule has 0 aliphatic carbocycles. The Hall–Kier alpha value is -1.50. The van der Waals surface area contributed by atoms with Crippen LogP contribution in [0.4, 0.5) is 14.6 Å². The summed E-state index contributed by atoms with van der Waals surface area (Å²) in [6.45, 7) is -3.67. The Kier molecular flexibility index (Phi) is 3.32. The summed E-state index contributed by atoms with van der Waals surface area (Å²) >= 11 is 0. The van der Waals surface area contributed by atoms with E-state index < -0.39 is 19.1 Å². The predicted molar refractivity (Wildman–Crippen MR) is 37.1 cm³/mol. The molecule has 0 saturated carbocycles. The van der Waals surface area contributed by atoms with Crippen molar-refractivity contribution < 1.29 is 22.8 Å². The molecule has 1 amide bonds. The largest absolute Gasteiger partial charge is 0.363 e. The minimum Gasteiger partial charge on any atom is -0.363 e. The van der Waals surface area contributed by atoms with E-state index in [-0.39, 0.29) is 5.82 Å². The summed E-state index contributed by atoms with van der Waals surface area (Å²) in [5.74, 6) is -0.558. The van der Waals surface area contributed by atoms with Crippen molar-refractivity contribution in [1.29, 1.82) is 0 Å². The molecular formula is C6H6F2N2O3. The molecule has 0 saturated heterocycles. The van der Waals surface area contributed by atoms with Crippen molar-refractivity contribution in [2.24, 2.45) is 0 Å². The number of nitrogens with zero attached hydrogens (tertiary/aromatic N) is 1. The quantitative estimate of drug-likeness (QED) is 0.768. The zero-order valence-corrected chi connectivity index (χ0v) is 6.37. The molecule has 7 heteroatoms. The van der Waals surface area contributed by atoms with Crippen LogP contribution in [0.2, 0.25) is 0 Å². The first kappa shape index (κ1) is 9.59. The van der Waals surface area contributed by atoms with E-state index in [1.807, 2.05) is 0 Å². The molecule has 1 heterocycles. The smallest absolute Gasteiger partial charge is 0.345 e. The number of hydrogen-bond donors (Lipinski definition) is 1. The predicted octanol–water partition coefficient (Wildman–Crippen LogP) is 0.852. The van der Waals surface area contributed by atoms with Gasteiger partial charge in [0.2, 0.25) is 0 Å². The van der Waals surface area contributed by atoms with Gasteiger partial charge in [-0.1, -0.05) is 5.16 Å². The van der Waals surface area contributed by atoms with E-state index in [0.717, 1.165) is 0 Å². The lowest BCUT2D eigenvalue weighted by atomic mass is 10.6. The van der Waals surface area contributed by atoms with Gasteiger partial charge in [-0.2, -0.15) is 8.78 Å². The minimum absolute atomic E-state index is 0.155. The number of alkyl halides is 2. The summed E-state index contributed by atoms with van der Waals surface area (Å²) in [6.07, 6.45) is 1.24. The Morgan fingerprint density at radius 2 is 2.54 bits per heavy atom. The van der Waals surface area contributed by atoms with Gasteiger partial charge in [-0.05, 0) is 0 Å². The van der Waals surface area contributed by atoms with Gasteiger partial charge < -0.3 is 14.6 Å². The Labute approximate surface area is 71.6 Å². The van der Waals surface area contributed by atoms with Gasteiger partial charge in [-0.25, -0.2) is 0 Å². The van der Waals surface area contributed by atoms with Gasteiger partial charge in [0.25, 0.3) is 5.91 Å². The van der Waals surface area contributed by atoms with Crippen molar-refractivity contribution in [3.05, 3.63) is 12.3 Å². The number of carbonyl (C=O) groups is 1. The summed E-state index contributed by atoms with van der Waals surface area (Å²) in [4.78, 5) is 10.8. The number of nitrogens with one attached hydrogen (secondary N) is 1. The summed E-state index contributed by atoms with van der Waals surface area (Å²) in [7, 11) is 0. The fraction of sp³-hybridized carbons (Fsp3) is 0.333. The molecule has 0 fully saturated rings. The number of halogens is 2. The molecule has 0 aliphatic heterocycles. The zero-order chi connectivity index (χ0) is 9.68. The maximum atomic E-state index is 11.4. The second-order valence-electron chi connectivity index (χ2n) is 2.00. The molecule has 72 valence electrons. The molecule has 0 radical (unpaired) electrons. The first-order chi connectivity index (χ1) is 6.18. The highest BCUT2D eigenvalue weighted by Crippen LogP contribution is 2.01. The Morgan fingerprint density at radius 3 is 3.08 bits per heavy atom. The van der Waals surface area contributed by atoms with Crippen LogP contribution in [0.15, 0.2) is 16.9 Å². The van der Waals surface area contributed by atoms with Crippen LogP contribution in [-0.4, -0.2) is 24.3 Å². The molecule has 0 atom stereocenters. The maximum Gasteiger partial charge on any atom is 0.345 e. The Bertz CT molecular complexity index is 263. The summed E-state index contributed by atoms with van der Waals surface area (Å²) in [5, 5.41) is 5.51. The van der Waals surface area contributed by atoms with Crippen molar-refractivity contribution in [3.8, 4) is 0 Å². The monoisotopic (exact) mass is 192 g/mol. The van der Waals surface area contributed by atoms with Crippen molar-refractivity contribution >= 4 is 11.7 Å². The SMILES string of the molecule is O=C(COC(F)F)Nc1ccon1. The third kappa shape index (κ3) is 3.61. The summed E-state index contributed by atoms with van der Waals surface area (Å²) in [6, 6.07) is 1.38. The lowest BCUT2D eigenvalue weighted by Gasteiger charge is -2.01. The van der Waals surface area contributed by atoms with Crippen molar-refractivity contribution in [2.75, 3.05) is 11.9 Å². The topological polar surface area (TPSA) is 64.4 Å². The average molecular weight is 192 g/mol. The van der Waals surface area contributed by atoms with Gasteiger partial charge in [0, 0.05) is 6.07 Å². The fourth-order valence-corrected chi connectivity index (χ4v) is 0.595. The lowest BCUT2D eigenvalue weighted by Crippen LogP contribution is -2.19. The molecule has 0 bridgehead atoms. The first-order valence-electron chi connectivity index (χ1n) is 3.28. The van der Waals surface area contributed by atoms with Crippen LogP contribution in [0.1, 0.15) is 0 Å². The molecule has 0 aromatic carbocycles. The molecule has 0 spiro atoms. The van der Waals surface area contributed by atoms with E-state index >= 15 is 0 Å². The van der Waals surface area contributed by atoms with Gasteiger partial charge >= 0.3 is 6.61 Å². The standard InChI is InChI=1S/C6H6F2N2O3/c7-6(8)12-3-5(11)9-4-1-2-13-10-4/h1-2,6H,3H2,(H,9,10,11). The molecule has 1 N–H and O–H groups in total. The first-order valence-corrected chi connectivity index (χ1v) is 3.28. The van der Waals surface area contributed by atoms with Crippen molar-refractivity contribution in [1.82, 2.24) is 5.16 Å². The second-order valence-corrected chi connectivity index (χ2v) is 2.00. The summed E-state index contributed by atoms with van der Waals surface area (Å²) in [5.41, 5.74) is 0. The van der Waals surface area contributed by atoms with E-state index in [1.165, 1.54) is 12.3 Å². The minimum atomic E-state index is -2.96. The molecular weight excluding hydrogens is 186 g/mol. The van der Waals surface area contributed by atoms with E-state index in [0.29, 0.717) is 0 Å². The maximum absolute atomic E-state index is 11.4. The number of carbonyl (C=O) groups excluding carboxylic acids is 1. The zero-order valence-electron chi connectivity index (χ0n) is 6.37. The highest BCUT2D eigenvalue weighted by molar-refractivity contribution is 5.90. The lowest BCUT2D eigenvalue weighted by molar-refractivity contribution is -0.148. The van der Waals surface area contributed by atoms with E-state index in [9.17, 15) is 13.6 Å². The number of rotatable bonds is 4. The van der Waals surface area contributed by atoms with E-state index in [2.05, 4.69) is 19.7 Å². The van der Waals surface area contributed by atoms with Crippen molar-refractivity contribution in [3.63, 3.8) is 0 Å². The highest BCUT2D eigenvalue weighted by atomic mass is 19.3. The van der Waals surface area contributed by atoms with Crippen LogP contribution in [-0.2, 0) is 9.53 Å². The van der Waals surface area contributed by atoms with Gasteiger partial charge in [-0.3, -0.25) is 4.79 Å².